The minimum Gasteiger partial charge on any atom is -0.375 e. The maximum Gasteiger partial charge on any atom is 0.145 e. The zero-order valence-electron chi connectivity index (χ0n) is 8.50. The molecule has 14 heavy (non-hydrogen) atoms. The lowest BCUT2D eigenvalue weighted by Gasteiger charge is -2.13. The van der Waals surface area contributed by atoms with Crippen LogP contribution >= 0.6 is 0 Å². The van der Waals surface area contributed by atoms with Gasteiger partial charge in [-0.25, -0.2) is 8.78 Å². The van der Waals surface area contributed by atoms with Crippen LogP contribution in [-0.4, -0.2) is 25.2 Å². The molecule has 0 saturated heterocycles. The number of hydrogen-bond donors (Lipinski definition) is 0. The third-order valence-corrected chi connectivity index (χ3v) is 1.57. The van der Waals surface area contributed by atoms with E-state index < -0.39 is 12.0 Å². The van der Waals surface area contributed by atoms with Gasteiger partial charge >= 0.3 is 0 Å². The van der Waals surface area contributed by atoms with Crippen LogP contribution in [0.5, 0.6) is 0 Å². The first kappa shape index (κ1) is 12.6. The highest BCUT2D eigenvalue weighted by molar-refractivity contribution is 5.27. The third kappa shape index (κ3) is 4.03. The maximum atomic E-state index is 13.1. The lowest BCUT2D eigenvalue weighted by Crippen LogP contribution is -2.10. The van der Waals surface area contributed by atoms with Crippen molar-refractivity contribution >= 4 is 0 Å². The van der Waals surface area contributed by atoms with Crippen LogP contribution in [0.4, 0.5) is 8.78 Å². The van der Waals surface area contributed by atoms with Crippen LogP contribution in [-0.2, 0) is 0 Å². The second kappa shape index (κ2) is 6.13. The lowest BCUT2D eigenvalue weighted by atomic mass is 10.2. The smallest absolute Gasteiger partial charge is 0.145 e. The molecule has 0 aromatic rings. The minimum atomic E-state index is -1.26. The molecule has 0 heterocycles. The number of rotatable bonds is 5. The van der Waals surface area contributed by atoms with Crippen molar-refractivity contribution in [2.24, 2.45) is 0 Å². The predicted molar refractivity (Wildman–Crippen MR) is 56.3 cm³/mol. The number of nitrogens with zero attached hydrogens (tertiary/aromatic N) is 1. The van der Waals surface area contributed by atoms with Gasteiger partial charge in [0.05, 0.1) is 5.70 Å². The molecule has 1 unspecified atom stereocenters. The van der Waals surface area contributed by atoms with Crippen LogP contribution in [0.3, 0.4) is 0 Å². The normalized spacial score (nSPS) is 14.9. The Balaban J connectivity index is 4.79. The van der Waals surface area contributed by atoms with E-state index in [9.17, 15) is 8.78 Å². The molecule has 0 bridgehead atoms. The van der Waals surface area contributed by atoms with Crippen molar-refractivity contribution in [3.8, 4) is 0 Å². The average molecular weight is 199 g/mol. The molecule has 0 amide bonds. The molecule has 0 radical (unpaired) electrons. The molecule has 78 valence electrons. The first-order valence-electron chi connectivity index (χ1n) is 4.17. The first-order chi connectivity index (χ1) is 6.52. The van der Waals surface area contributed by atoms with Crippen molar-refractivity contribution < 1.29 is 8.78 Å². The summed E-state index contributed by atoms with van der Waals surface area (Å²) >= 11 is 0. The number of halogens is 2. The van der Waals surface area contributed by atoms with E-state index in [0.29, 0.717) is 0 Å². The molecular weight excluding hydrogens is 184 g/mol. The van der Waals surface area contributed by atoms with Crippen molar-refractivity contribution in [2.45, 2.75) is 6.17 Å². The summed E-state index contributed by atoms with van der Waals surface area (Å²) in [6.07, 6.45) is 3.55. The zero-order chi connectivity index (χ0) is 11.1. The van der Waals surface area contributed by atoms with Gasteiger partial charge in [-0.1, -0.05) is 19.2 Å². The van der Waals surface area contributed by atoms with Crippen molar-refractivity contribution in [2.75, 3.05) is 14.1 Å². The Morgan fingerprint density at radius 2 is 1.93 bits per heavy atom. The van der Waals surface area contributed by atoms with Gasteiger partial charge in [-0.05, 0) is 18.2 Å². The van der Waals surface area contributed by atoms with E-state index in [-0.39, 0.29) is 5.70 Å². The molecule has 0 N–H and O–H groups in total. The van der Waals surface area contributed by atoms with E-state index in [1.54, 1.807) is 19.0 Å². The van der Waals surface area contributed by atoms with Crippen LogP contribution in [0.1, 0.15) is 0 Å². The molecule has 1 nitrogen and oxygen atoms in total. The number of alkyl halides is 1. The largest absolute Gasteiger partial charge is 0.375 e. The minimum absolute atomic E-state index is 0.282. The van der Waals surface area contributed by atoms with Gasteiger partial charge in [-0.2, -0.15) is 0 Å². The fraction of sp³-hybridized carbons (Fsp3) is 0.273. The number of likely N-dealkylation sites (N-methyl/N-ethyl adjacent to an activating group) is 1. The Labute approximate surface area is 83.7 Å². The Bertz CT molecular complexity index is 264. The van der Waals surface area contributed by atoms with Gasteiger partial charge in [0, 0.05) is 14.1 Å². The molecule has 0 aliphatic carbocycles. The highest BCUT2D eigenvalue weighted by Crippen LogP contribution is 2.12. The van der Waals surface area contributed by atoms with Crippen molar-refractivity contribution in [1.82, 2.24) is 4.90 Å². The molecule has 1 atom stereocenters. The summed E-state index contributed by atoms with van der Waals surface area (Å²) in [5, 5.41) is 0. The lowest BCUT2D eigenvalue weighted by molar-refractivity contribution is 0.464. The highest BCUT2D eigenvalue weighted by Gasteiger charge is 2.03. The second-order valence-corrected chi connectivity index (χ2v) is 2.87. The second-order valence-electron chi connectivity index (χ2n) is 2.87. The quantitative estimate of drug-likeness (QED) is 0.486. The molecule has 0 fully saturated rings. The van der Waals surface area contributed by atoms with Gasteiger partial charge in [0.1, 0.15) is 12.0 Å². The zero-order valence-corrected chi connectivity index (χ0v) is 8.50. The molecule has 0 rings (SSSR count). The Kier molecular flexibility index (Phi) is 5.53. The highest BCUT2D eigenvalue weighted by atomic mass is 19.1. The molecule has 0 aliphatic heterocycles. The topological polar surface area (TPSA) is 3.24 Å². The Hall–Kier alpha value is -1.38. The van der Waals surface area contributed by atoms with E-state index >= 15 is 0 Å². The number of hydrogen-bond acceptors (Lipinski definition) is 1. The van der Waals surface area contributed by atoms with Gasteiger partial charge < -0.3 is 4.90 Å². The van der Waals surface area contributed by atoms with Gasteiger partial charge in [0.2, 0.25) is 0 Å². The van der Waals surface area contributed by atoms with Gasteiger partial charge in [0.25, 0.3) is 0 Å². The summed E-state index contributed by atoms with van der Waals surface area (Å²) in [5.41, 5.74) is 0.282. The summed E-state index contributed by atoms with van der Waals surface area (Å²) in [6, 6.07) is 0. The van der Waals surface area contributed by atoms with Crippen molar-refractivity contribution in [3.63, 3.8) is 0 Å². The molecule has 0 spiro atoms. The van der Waals surface area contributed by atoms with E-state index in [1.807, 2.05) is 0 Å². The van der Waals surface area contributed by atoms with E-state index in [2.05, 4.69) is 13.2 Å². The summed E-state index contributed by atoms with van der Waals surface area (Å²) in [5.74, 6) is -0.484. The van der Waals surface area contributed by atoms with Crippen LogP contribution in [0.2, 0.25) is 0 Å². The molecule has 0 aliphatic rings. The van der Waals surface area contributed by atoms with Crippen molar-refractivity contribution in [1.29, 1.82) is 0 Å². The Morgan fingerprint density at radius 3 is 2.29 bits per heavy atom. The van der Waals surface area contributed by atoms with Crippen LogP contribution in [0.25, 0.3) is 0 Å². The molecule has 0 aromatic heterocycles. The third-order valence-electron chi connectivity index (χ3n) is 1.57. The summed E-state index contributed by atoms with van der Waals surface area (Å²) in [4.78, 5) is 1.54. The first-order valence-corrected chi connectivity index (χ1v) is 4.17. The van der Waals surface area contributed by atoms with Gasteiger partial charge in [-0.15, -0.1) is 0 Å². The summed E-state index contributed by atoms with van der Waals surface area (Å²) in [7, 11) is 3.34. The number of allylic oxidation sites excluding steroid dienone is 5. The predicted octanol–water partition coefficient (Wildman–Crippen LogP) is 3.00. The molecular formula is C11H15F2N. The monoisotopic (exact) mass is 199 g/mol. The van der Waals surface area contributed by atoms with Gasteiger partial charge in [-0.3, -0.25) is 0 Å². The van der Waals surface area contributed by atoms with E-state index in [1.165, 1.54) is 12.2 Å². The summed E-state index contributed by atoms with van der Waals surface area (Å²) < 4.78 is 25.9. The molecule has 0 saturated carbocycles. The Morgan fingerprint density at radius 1 is 1.36 bits per heavy atom. The fourth-order valence-corrected chi connectivity index (χ4v) is 0.809. The van der Waals surface area contributed by atoms with E-state index in [0.717, 1.165) is 12.2 Å². The van der Waals surface area contributed by atoms with Crippen LogP contribution < -0.4 is 0 Å². The van der Waals surface area contributed by atoms with Crippen LogP contribution in [0.15, 0.2) is 49.0 Å². The van der Waals surface area contributed by atoms with Crippen LogP contribution in [0, 0.1) is 0 Å². The average Bonchev–Trinajstić information content (AvgIpc) is 2.16. The van der Waals surface area contributed by atoms with Crippen molar-refractivity contribution in [3.05, 3.63) is 49.0 Å². The summed E-state index contributed by atoms with van der Waals surface area (Å²) in [6.45, 7) is 6.58. The molecule has 0 aromatic carbocycles. The van der Waals surface area contributed by atoms with E-state index in [4.69, 9.17) is 0 Å². The fourth-order valence-electron chi connectivity index (χ4n) is 0.809. The SMILES string of the molecule is C=C/C(F)=C(\C=CC(F)C=C)N(C)C. The maximum absolute atomic E-state index is 13.1. The van der Waals surface area contributed by atoms with Gasteiger partial charge in [0.15, 0.2) is 0 Å². The standard InChI is InChI=1S/C11H15F2N/c1-5-9(12)7-8-11(14(3)4)10(13)6-2/h5-9H,1-2H2,3-4H3/b8-7?,11-10-. The molecule has 3 heteroatoms.